The summed E-state index contributed by atoms with van der Waals surface area (Å²) in [4.78, 5) is 22.3. The molecule has 0 fully saturated rings. The van der Waals surface area contributed by atoms with Crippen molar-refractivity contribution < 1.29 is 24.5 Å². The third-order valence-corrected chi connectivity index (χ3v) is 2.33. The molecule has 1 aromatic carbocycles. The molecule has 19 heavy (non-hydrogen) atoms. The number of aliphatic hydroxyl groups excluding tert-OH is 2. The number of nitrogens with one attached hydrogen (secondary N) is 1. The van der Waals surface area contributed by atoms with Gasteiger partial charge >= 0.3 is 5.97 Å². The van der Waals surface area contributed by atoms with E-state index in [1.165, 1.54) is 6.92 Å². The summed E-state index contributed by atoms with van der Waals surface area (Å²) in [6.07, 6.45) is -0.845. The Hall–Kier alpha value is -1.92. The Labute approximate surface area is 111 Å². The van der Waals surface area contributed by atoms with Gasteiger partial charge in [-0.05, 0) is 17.7 Å². The lowest BCUT2D eigenvalue weighted by Gasteiger charge is -2.12. The highest BCUT2D eigenvalue weighted by atomic mass is 16.6. The Morgan fingerprint density at radius 2 is 1.79 bits per heavy atom. The fraction of sp³-hybridized carbons (Fsp3) is 0.385. The van der Waals surface area contributed by atoms with Gasteiger partial charge in [-0.25, -0.2) is 0 Å². The van der Waals surface area contributed by atoms with Crippen molar-refractivity contribution in [2.24, 2.45) is 0 Å². The summed E-state index contributed by atoms with van der Waals surface area (Å²) in [5, 5.41) is 20.2. The zero-order chi connectivity index (χ0) is 14.3. The highest BCUT2D eigenvalue weighted by molar-refractivity contribution is 5.88. The van der Waals surface area contributed by atoms with Crippen LogP contribution >= 0.6 is 0 Å². The van der Waals surface area contributed by atoms with Crippen LogP contribution in [0.2, 0.25) is 0 Å². The molecular weight excluding hydrogens is 250 g/mol. The Balaban J connectivity index is 2.53. The molecule has 0 radical (unpaired) electrons. The second-order valence-corrected chi connectivity index (χ2v) is 4.03. The molecule has 0 unspecified atom stereocenters. The molecule has 0 saturated heterocycles. The molecule has 0 spiro atoms. The van der Waals surface area contributed by atoms with Crippen LogP contribution < -0.4 is 5.32 Å². The van der Waals surface area contributed by atoms with Crippen LogP contribution in [0.5, 0.6) is 0 Å². The number of esters is 1. The van der Waals surface area contributed by atoms with Gasteiger partial charge in [0, 0.05) is 12.6 Å². The molecule has 0 aliphatic rings. The molecule has 1 aromatic rings. The van der Waals surface area contributed by atoms with Crippen molar-refractivity contribution in [2.45, 2.75) is 19.4 Å². The van der Waals surface area contributed by atoms with Crippen LogP contribution in [-0.4, -0.2) is 41.4 Å². The van der Waals surface area contributed by atoms with Crippen LogP contribution in [0.25, 0.3) is 0 Å². The van der Waals surface area contributed by atoms with E-state index >= 15 is 0 Å². The number of anilines is 1. The normalized spacial score (nSPS) is 10.3. The first-order valence-corrected chi connectivity index (χ1v) is 5.83. The minimum absolute atomic E-state index is 0.0385. The minimum Gasteiger partial charge on any atom is -0.457 e. The molecule has 3 N–H and O–H groups in total. The fourth-order valence-electron chi connectivity index (χ4n) is 1.44. The molecule has 0 saturated carbocycles. The van der Waals surface area contributed by atoms with E-state index in [0.29, 0.717) is 11.3 Å². The summed E-state index contributed by atoms with van der Waals surface area (Å²) in [6.45, 7) is 0.586. The van der Waals surface area contributed by atoms with E-state index in [1.54, 1.807) is 24.3 Å². The van der Waals surface area contributed by atoms with Crippen molar-refractivity contribution >= 4 is 17.6 Å². The van der Waals surface area contributed by atoms with Gasteiger partial charge in [0.15, 0.2) is 0 Å². The molecular formula is C13H17NO5. The van der Waals surface area contributed by atoms with Gasteiger partial charge in [0.05, 0.1) is 19.6 Å². The molecule has 6 nitrogen and oxygen atoms in total. The number of rotatable bonds is 6. The molecule has 0 bridgehead atoms. The number of benzene rings is 1. The first-order valence-electron chi connectivity index (χ1n) is 5.83. The van der Waals surface area contributed by atoms with E-state index in [1.807, 2.05) is 0 Å². The van der Waals surface area contributed by atoms with E-state index in [-0.39, 0.29) is 12.3 Å². The van der Waals surface area contributed by atoms with Crippen molar-refractivity contribution in [3.63, 3.8) is 0 Å². The average molecular weight is 267 g/mol. The molecule has 1 amide bonds. The summed E-state index contributed by atoms with van der Waals surface area (Å²) < 4.78 is 4.84. The molecule has 0 atom stereocenters. The Morgan fingerprint density at radius 3 is 2.26 bits per heavy atom. The Kier molecular flexibility index (Phi) is 5.98. The third-order valence-electron chi connectivity index (χ3n) is 2.33. The lowest BCUT2D eigenvalue weighted by atomic mass is 10.1. The van der Waals surface area contributed by atoms with Crippen LogP contribution in [0.4, 0.5) is 5.69 Å². The first kappa shape index (κ1) is 15.1. The van der Waals surface area contributed by atoms with Gasteiger partial charge in [-0.1, -0.05) is 12.1 Å². The molecule has 104 valence electrons. The van der Waals surface area contributed by atoms with Crippen LogP contribution in [0.3, 0.4) is 0 Å². The molecule has 1 rings (SSSR count). The van der Waals surface area contributed by atoms with Crippen molar-refractivity contribution in [2.75, 3.05) is 18.5 Å². The SMILES string of the molecule is CC(=O)Nc1ccc(CC(=O)OC(CO)CO)cc1. The number of hydrogen-bond acceptors (Lipinski definition) is 5. The van der Waals surface area contributed by atoms with Gasteiger partial charge in [-0.3, -0.25) is 9.59 Å². The number of carbonyl (C=O) groups is 2. The lowest BCUT2D eigenvalue weighted by Crippen LogP contribution is -2.26. The van der Waals surface area contributed by atoms with Crippen LogP contribution in [0.1, 0.15) is 12.5 Å². The molecule has 0 aliphatic carbocycles. The summed E-state index contributed by atoms with van der Waals surface area (Å²) in [5.41, 5.74) is 1.36. The van der Waals surface area contributed by atoms with Crippen LogP contribution in [0.15, 0.2) is 24.3 Å². The van der Waals surface area contributed by atoms with Crippen molar-refractivity contribution in [1.82, 2.24) is 0 Å². The van der Waals surface area contributed by atoms with E-state index in [4.69, 9.17) is 14.9 Å². The van der Waals surface area contributed by atoms with Crippen molar-refractivity contribution in [3.05, 3.63) is 29.8 Å². The van der Waals surface area contributed by atoms with E-state index in [9.17, 15) is 9.59 Å². The van der Waals surface area contributed by atoms with Gasteiger partial charge < -0.3 is 20.3 Å². The maximum atomic E-state index is 11.5. The number of amides is 1. The quantitative estimate of drug-likeness (QED) is 0.635. The smallest absolute Gasteiger partial charge is 0.310 e. The predicted octanol–water partition coefficient (Wildman–Crippen LogP) is 0.0839. The Bertz CT molecular complexity index is 425. The summed E-state index contributed by atoms with van der Waals surface area (Å²) >= 11 is 0. The van der Waals surface area contributed by atoms with E-state index in [2.05, 4.69) is 5.32 Å². The van der Waals surface area contributed by atoms with E-state index in [0.717, 1.165) is 0 Å². The molecule has 0 heterocycles. The second kappa shape index (κ2) is 7.50. The number of hydrogen-bond donors (Lipinski definition) is 3. The maximum absolute atomic E-state index is 11.5. The van der Waals surface area contributed by atoms with Gasteiger partial charge in [-0.2, -0.15) is 0 Å². The van der Waals surface area contributed by atoms with E-state index < -0.39 is 25.3 Å². The largest absolute Gasteiger partial charge is 0.457 e. The van der Waals surface area contributed by atoms with Gasteiger partial charge in [0.2, 0.25) is 5.91 Å². The topological polar surface area (TPSA) is 95.9 Å². The van der Waals surface area contributed by atoms with Crippen molar-refractivity contribution in [3.8, 4) is 0 Å². The highest BCUT2D eigenvalue weighted by Gasteiger charge is 2.12. The zero-order valence-corrected chi connectivity index (χ0v) is 10.6. The summed E-state index contributed by atoms with van der Waals surface area (Å²) in [5.74, 6) is -0.693. The molecule has 6 heteroatoms. The number of aliphatic hydroxyl groups is 2. The van der Waals surface area contributed by atoms with Crippen molar-refractivity contribution in [1.29, 1.82) is 0 Å². The molecule has 0 aliphatic heterocycles. The summed E-state index contributed by atoms with van der Waals surface area (Å²) in [6, 6.07) is 6.75. The third kappa shape index (κ3) is 5.50. The highest BCUT2D eigenvalue weighted by Crippen LogP contribution is 2.10. The second-order valence-electron chi connectivity index (χ2n) is 4.03. The standard InChI is InChI=1S/C13H17NO5/c1-9(17)14-11-4-2-10(3-5-11)6-13(18)19-12(7-15)8-16/h2-5,12,15-16H,6-8H2,1H3,(H,14,17). The summed E-state index contributed by atoms with van der Waals surface area (Å²) in [7, 11) is 0. The average Bonchev–Trinajstić information content (AvgIpc) is 2.37. The zero-order valence-electron chi connectivity index (χ0n) is 10.6. The van der Waals surface area contributed by atoms with Crippen LogP contribution in [-0.2, 0) is 20.7 Å². The number of carbonyl (C=O) groups excluding carboxylic acids is 2. The van der Waals surface area contributed by atoms with Gasteiger partial charge in [0.25, 0.3) is 0 Å². The molecule has 0 aromatic heterocycles. The lowest BCUT2D eigenvalue weighted by molar-refractivity contribution is -0.152. The fourth-order valence-corrected chi connectivity index (χ4v) is 1.44. The minimum atomic E-state index is -0.883. The first-order chi connectivity index (χ1) is 9.05. The monoisotopic (exact) mass is 267 g/mol. The van der Waals surface area contributed by atoms with Crippen LogP contribution in [0, 0.1) is 0 Å². The number of ether oxygens (including phenoxy) is 1. The van der Waals surface area contributed by atoms with Gasteiger partial charge in [0.1, 0.15) is 6.10 Å². The predicted molar refractivity (Wildman–Crippen MR) is 68.5 cm³/mol. The Morgan fingerprint density at radius 1 is 1.21 bits per heavy atom. The van der Waals surface area contributed by atoms with Gasteiger partial charge in [-0.15, -0.1) is 0 Å². The maximum Gasteiger partial charge on any atom is 0.310 e.